The number of rotatable bonds is 2. The Morgan fingerprint density at radius 3 is 2.08 bits per heavy atom. The Bertz CT molecular complexity index is 123. The van der Waals surface area contributed by atoms with E-state index in [0.717, 1.165) is 0 Å². The third kappa shape index (κ3) is 2.22. The van der Waals surface area contributed by atoms with Crippen molar-refractivity contribution in [1.29, 1.82) is 0 Å². The van der Waals surface area contributed by atoms with Crippen LogP contribution in [0, 0.1) is 5.92 Å². The summed E-state index contributed by atoms with van der Waals surface area (Å²) in [6, 6.07) is 0. The van der Waals surface area contributed by atoms with Gasteiger partial charge in [-0.3, -0.25) is 0 Å². The van der Waals surface area contributed by atoms with E-state index in [-0.39, 0.29) is 5.54 Å². The first kappa shape index (κ1) is 10.0. The molecule has 1 rings (SSSR count). The van der Waals surface area contributed by atoms with Crippen molar-refractivity contribution in [3.63, 3.8) is 0 Å². The third-order valence-corrected chi connectivity index (χ3v) is 3.63. The van der Waals surface area contributed by atoms with Crippen molar-refractivity contribution in [2.45, 2.75) is 64.3 Å². The lowest BCUT2D eigenvalue weighted by atomic mass is 9.78. The van der Waals surface area contributed by atoms with E-state index in [1.807, 2.05) is 0 Å². The van der Waals surface area contributed by atoms with Crippen molar-refractivity contribution in [2.24, 2.45) is 11.7 Å². The molecule has 0 aromatic rings. The molecule has 0 bridgehead atoms. The van der Waals surface area contributed by atoms with Gasteiger partial charge in [0.2, 0.25) is 0 Å². The van der Waals surface area contributed by atoms with Gasteiger partial charge in [0.1, 0.15) is 0 Å². The molecule has 1 atom stereocenters. The van der Waals surface area contributed by atoms with Gasteiger partial charge < -0.3 is 5.73 Å². The Hall–Kier alpha value is -0.0400. The minimum atomic E-state index is 0.172. The van der Waals surface area contributed by atoms with E-state index in [4.69, 9.17) is 5.73 Å². The molecule has 0 heterocycles. The van der Waals surface area contributed by atoms with Crippen LogP contribution in [-0.4, -0.2) is 5.54 Å². The van der Waals surface area contributed by atoms with E-state index >= 15 is 0 Å². The largest absolute Gasteiger partial charge is 0.325 e. The summed E-state index contributed by atoms with van der Waals surface area (Å²) >= 11 is 0. The molecule has 1 saturated carbocycles. The average Bonchev–Trinajstić information content (AvgIpc) is 2.29. The molecule has 1 heteroatoms. The van der Waals surface area contributed by atoms with Crippen LogP contribution < -0.4 is 5.73 Å². The molecule has 12 heavy (non-hydrogen) atoms. The van der Waals surface area contributed by atoms with Gasteiger partial charge in [-0.15, -0.1) is 0 Å². The summed E-state index contributed by atoms with van der Waals surface area (Å²) in [5.41, 5.74) is 6.58. The maximum absolute atomic E-state index is 6.41. The van der Waals surface area contributed by atoms with Crippen molar-refractivity contribution in [3.05, 3.63) is 0 Å². The van der Waals surface area contributed by atoms with Crippen molar-refractivity contribution >= 4 is 0 Å². The molecule has 0 spiro atoms. The van der Waals surface area contributed by atoms with E-state index in [2.05, 4.69) is 13.8 Å². The van der Waals surface area contributed by atoms with Crippen molar-refractivity contribution in [1.82, 2.24) is 0 Å². The monoisotopic (exact) mass is 169 g/mol. The predicted molar refractivity (Wildman–Crippen MR) is 54.1 cm³/mol. The van der Waals surface area contributed by atoms with E-state index in [1.165, 1.54) is 44.9 Å². The Morgan fingerprint density at radius 1 is 1.17 bits per heavy atom. The lowest BCUT2D eigenvalue weighted by Gasteiger charge is -2.34. The first-order chi connectivity index (χ1) is 5.69. The first-order valence-corrected chi connectivity index (χ1v) is 5.48. The fourth-order valence-electron chi connectivity index (χ4n) is 2.29. The highest BCUT2D eigenvalue weighted by Gasteiger charge is 2.30. The second-order valence-corrected chi connectivity index (χ2v) is 4.46. The molecular weight excluding hydrogens is 146 g/mol. The van der Waals surface area contributed by atoms with Crippen molar-refractivity contribution in [3.8, 4) is 0 Å². The lowest BCUT2D eigenvalue weighted by Crippen LogP contribution is -2.45. The molecule has 0 aromatic heterocycles. The molecule has 1 aliphatic rings. The fourth-order valence-corrected chi connectivity index (χ4v) is 2.29. The molecule has 1 fully saturated rings. The summed E-state index contributed by atoms with van der Waals surface area (Å²) < 4.78 is 0. The van der Waals surface area contributed by atoms with E-state index in [1.54, 1.807) is 0 Å². The fraction of sp³-hybridized carbons (Fsp3) is 1.00. The summed E-state index contributed by atoms with van der Waals surface area (Å²) in [6.45, 7) is 4.56. The molecule has 1 aliphatic carbocycles. The van der Waals surface area contributed by atoms with Crippen LogP contribution in [0.3, 0.4) is 0 Å². The molecule has 2 N–H and O–H groups in total. The minimum absolute atomic E-state index is 0.172. The first-order valence-electron chi connectivity index (χ1n) is 5.48. The van der Waals surface area contributed by atoms with Crippen LogP contribution in [0.4, 0.5) is 0 Å². The SMILES string of the molecule is CCC(C)C1(N)CCCCCC1. The smallest absolute Gasteiger partial charge is 0.0180 e. The van der Waals surface area contributed by atoms with Gasteiger partial charge in [0.05, 0.1) is 0 Å². The quantitative estimate of drug-likeness (QED) is 0.632. The predicted octanol–water partition coefficient (Wildman–Crippen LogP) is 3.08. The van der Waals surface area contributed by atoms with Crippen LogP contribution in [0.2, 0.25) is 0 Å². The summed E-state index contributed by atoms with van der Waals surface area (Å²) in [5.74, 6) is 0.704. The van der Waals surface area contributed by atoms with Crippen LogP contribution in [0.1, 0.15) is 58.8 Å². The van der Waals surface area contributed by atoms with E-state index in [0.29, 0.717) is 5.92 Å². The minimum Gasteiger partial charge on any atom is -0.325 e. The normalized spacial score (nSPS) is 26.2. The van der Waals surface area contributed by atoms with Crippen LogP contribution in [0.15, 0.2) is 0 Å². The average molecular weight is 169 g/mol. The van der Waals surface area contributed by atoms with Gasteiger partial charge in [-0.25, -0.2) is 0 Å². The zero-order chi connectivity index (χ0) is 9.03. The van der Waals surface area contributed by atoms with Crippen molar-refractivity contribution < 1.29 is 0 Å². The number of nitrogens with two attached hydrogens (primary N) is 1. The Morgan fingerprint density at radius 2 is 1.67 bits per heavy atom. The zero-order valence-corrected chi connectivity index (χ0v) is 8.60. The molecular formula is C11H23N. The highest BCUT2D eigenvalue weighted by atomic mass is 14.8. The molecule has 0 amide bonds. The van der Waals surface area contributed by atoms with Crippen molar-refractivity contribution in [2.75, 3.05) is 0 Å². The molecule has 0 radical (unpaired) electrons. The Balaban J connectivity index is 2.53. The standard InChI is InChI=1S/C11H23N/c1-3-10(2)11(12)8-6-4-5-7-9-11/h10H,3-9,12H2,1-2H3. The summed E-state index contributed by atoms with van der Waals surface area (Å²) in [4.78, 5) is 0. The van der Waals surface area contributed by atoms with Gasteiger partial charge in [0, 0.05) is 5.54 Å². The molecule has 72 valence electrons. The highest BCUT2D eigenvalue weighted by Crippen LogP contribution is 2.32. The summed E-state index contributed by atoms with van der Waals surface area (Å²) in [7, 11) is 0. The molecule has 0 aliphatic heterocycles. The van der Waals surface area contributed by atoms with Gasteiger partial charge in [-0.2, -0.15) is 0 Å². The summed E-state index contributed by atoms with van der Waals surface area (Å²) in [6.07, 6.45) is 9.23. The molecule has 1 unspecified atom stereocenters. The topological polar surface area (TPSA) is 26.0 Å². The van der Waals surface area contributed by atoms with Gasteiger partial charge in [0.15, 0.2) is 0 Å². The van der Waals surface area contributed by atoms with Crippen LogP contribution in [-0.2, 0) is 0 Å². The number of hydrogen-bond donors (Lipinski definition) is 1. The van der Waals surface area contributed by atoms with E-state index < -0.39 is 0 Å². The van der Waals surface area contributed by atoms with Gasteiger partial charge >= 0.3 is 0 Å². The number of hydrogen-bond acceptors (Lipinski definition) is 1. The maximum Gasteiger partial charge on any atom is 0.0180 e. The maximum atomic E-state index is 6.41. The van der Waals surface area contributed by atoms with E-state index in [9.17, 15) is 0 Å². The van der Waals surface area contributed by atoms with Gasteiger partial charge in [-0.05, 0) is 18.8 Å². The second kappa shape index (κ2) is 4.27. The Kier molecular flexibility index (Phi) is 3.57. The van der Waals surface area contributed by atoms with Crippen LogP contribution >= 0.6 is 0 Å². The van der Waals surface area contributed by atoms with Crippen LogP contribution in [0.5, 0.6) is 0 Å². The van der Waals surface area contributed by atoms with Crippen LogP contribution in [0.25, 0.3) is 0 Å². The second-order valence-electron chi connectivity index (χ2n) is 4.46. The highest BCUT2D eigenvalue weighted by molar-refractivity contribution is 4.89. The Labute approximate surface area is 76.7 Å². The molecule has 0 saturated heterocycles. The summed E-state index contributed by atoms with van der Waals surface area (Å²) in [5, 5.41) is 0. The van der Waals surface area contributed by atoms with Gasteiger partial charge in [0.25, 0.3) is 0 Å². The zero-order valence-electron chi connectivity index (χ0n) is 8.60. The molecule has 1 nitrogen and oxygen atoms in total. The van der Waals surface area contributed by atoms with Gasteiger partial charge in [-0.1, -0.05) is 46.0 Å². The molecule has 0 aromatic carbocycles. The lowest BCUT2D eigenvalue weighted by molar-refractivity contribution is 0.249. The third-order valence-electron chi connectivity index (χ3n) is 3.63.